The molecular formula is C16H17ClN2O4S. The third-order valence-corrected chi connectivity index (χ3v) is 4.57. The van der Waals surface area contributed by atoms with Crippen LogP contribution >= 0.6 is 22.9 Å². The van der Waals surface area contributed by atoms with Gasteiger partial charge in [0, 0.05) is 5.02 Å². The third-order valence-electron chi connectivity index (χ3n) is 3.18. The predicted octanol–water partition coefficient (Wildman–Crippen LogP) is 3.28. The fourth-order valence-electron chi connectivity index (χ4n) is 1.79. The number of carboxylic acids is 1. The number of rotatable bonds is 6. The molecule has 2 rings (SSSR count). The van der Waals surface area contributed by atoms with Crippen LogP contribution in [0.1, 0.15) is 34.2 Å². The van der Waals surface area contributed by atoms with Gasteiger partial charge in [-0.15, -0.1) is 11.3 Å². The summed E-state index contributed by atoms with van der Waals surface area (Å²) in [6.07, 6.45) is 0. The highest BCUT2D eigenvalue weighted by Gasteiger charge is 2.30. The van der Waals surface area contributed by atoms with Gasteiger partial charge in [-0.2, -0.15) is 0 Å². The van der Waals surface area contributed by atoms with E-state index >= 15 is 0 Å². The molecule has 2 aromatic rings. The van der Waals surface area contributed by atoms with Crippen LogP contribution in [-0.4, -0.2) is 27.5 Å². The van der Waals surface area contributed by atoms with Crippen molar-refractivity contribution in [1.82, 2.24) is 10.3 Å². The Hall–Kier alpha value is -2.12. The molecule has 24 heavy (non-hydrogen) atoms. The zero-order chi connectivity index (χ0) is 17.9. The monoisotopic (exact) mass is 368 g/mol. The number of ether oxygens (including phenoxy) is 1. The molecule has 8 heteroatoms. The van der Waals surface area contributed by atoms with Crippen molar-refractivity contribution in [2.24, 2.45) is 0 Å². The maximum atomic E-state index is 12.3. The zero-order valence-corrected chi connectivity index (χ0v) is 15.0. The van der Waals surface area contributed by atoms with Crippen LogP contribution in [0.4, 0.5) is 0 Å². The summed E-state index contributed by atoms with van der Waals surface area (Å²) in [5.41, 5.74) is -0.818. The Morgan fingerprint density at radius 2 is 1.96 bits per heavy atom. The van der Waals surface area contributed by atoms with Crippen LogP contribution in [0.15, 0.2) is 24.3 Å². The number of benzene rings is 1. The van der Waals surface area contributed by atoms with E-state index in [0.29, 0.717) is 26.4 Å². The number of thiazole rings is 1. The molecular weight excluding hydrogens is 352 g/mol. The van der Waals surface area contributed by atoms with Crippen molar-refractivity contribution in [3.05, 3.63) is 44.9 Å². The first-order valence-corrected chi connectivity index (χ1v) is 8.29. The number of aryl methyl sites for hydroxylation is 1. The fraction of sp³-hybridized carbons (Fsp3) is 0.312. The Morgan fingerprint density at radius 3 is 2.54 bits per heavy atom. The topological polar surface area (TPSA) is 88.5 Å². The van der Waals surface area contributed by atoms with Crippen molar-refractivity contribution >= 4 is 34.8 Å². The number of nitrogens with one attached hydrogen (secondary N) is 1. The number of nitrogens with zero attached hydrogens (tertiary/aromatic N) is 1. The van der Waals surface area contributed by atoms with Gasteiger partial charge in [-0.25, -0.2) is 9.78 Å². The minimum Gasteiger partial charge on any atom is -0.486 e. The second-order valence-electron chi connectivity index (χ2n) is 5.65. The van der Waals surface area contributed by atoms with Crippen molar-refractivity contribution in [2.75, 3.05) is 0 Å². The van der Waals surface area contributed by atoms with Gasteiger partial charge in [-0.1, -0.05) is 11.6 Å². The van der Waals surface area contributed by atoms with Crippen LogP contribution in [0.3, 0.4) is 0 Å². The summed E-state index contributed by atoms with van der Waals surface area (Å²) in [6, 6.07) is 6.92. The number of carbonyl (C=O) groups excluding carboxylic acids is 1. The smallest absolute Gasteiger partial charge is 0.328 e. The molecule has 0 spiro atoms. The highest BCUT2D eigenvalue weighted by atomic mass is 35.5. The molecule has 2 N–H and O–H groups in total. The Kier molecular flexibility index (Phi) is 5.46. The van der Waals surface area contributed by atoms with E-state index in [1.54, 1.807) is 31.2 Å². The van der Waals surface area contributed by atoms with E-state index < -0.39 is 17.4 Å². The number of aliphatic carboxylic acids is 1. The quantitative estimate of drug-likeness (QED) is 0.816. The molecule has 0 saturated carbocycles. The van der Waals surface area contributed by atoms with Crippen molar-refractivity contribution in [2.45, 2.75) is 32.9 Å². The molecule has 128 valence electrons. The van der Waals surface area contributed by atoms with Crippen LogP contribution in [-0.2, 0) is 11.4 Å². The second-order valence-corrected chi connectivity index (χ2v) is 7.17. The average molecular weight is 369 g/mol. The van der Waals surface area contributed by atoms with E-state index in [9.17, 15) is 9.59 Å². The lowest BCUT2D eigenvalue weighted by Gasteiger charge is -2.20. The first kappa shape index (κ1) is 18.2. The standard InChI is InChI=1S/C16H17ClN2O4S/c1-9-13(14(20)19-16(2,3)15(21)22)24-12(18-9)8-23-11-6-4-10(17)5-7-11/h4-7H,8H2,1-3H3,(H,19,20)(H,21,22). The minimum atomic E-state index is -1.35. The molecule has 0 atom stereocenters. The number of carboxylic acid groups (broad SMARTS) is 1. The zero-order valence-electron chi connectivity index (χ0n) is 13.4. The first-order chi connectivity index (χ1) is 11.2. The van der Waals surface area contributed by atoms with Gasteiger partial charge >= 0.3 is 5.97 Å². The van der Waals surface area contributed by atoms with E-state index in [0.717, 1.165) is 0 Å². The average Bonchev–Trinajstić information content (AvgIpc) is 2.87. The van der Waals surface area contributed by atoms with E-state index in [-0.39, 0.29) is 6.61 Å². The second kappa shape index (κ2) is 7.19. The number of hydrogen-bond acceptors (Lipinski definition) is 5. The molecule has 6 nitrogen and oxygen atoms in total. The van der Waals surface area contributed by atoms with Gasteiger partial charge in [-0.3, -0.25) is 4.79 Å². The summed E-state index contributed by atoms with van der Waals surface area (Å²) in [4.78, 5) is 28.0. The van der Waals surface area contributed by atoms with Crippen LogP contribution in [0.2, 0.25) is 5.02 Å². The summed E-state index contributed by atoms with van der Waals surface area (Å²) in [7, 11) is 0. The van der Waals surface area contributed by atoms with Crippen molar-refractivity contribution in [1.29, 1.82) is 0 Å². The van der Waals surface area contributed by atoms with Crippen LogP contribution in [0, 0.1) is 6.92 Å². The molecule has 0 saturated heterocycles. The number of halogens is 1. The Balaban J connectivity index is 2.05. The molecule has 0 radical (unpaired) electrons. The van der Waals surface area contributed by atoms with Gasteiger partial charge in [0.1, 0.15) is 27.8 Å². The van der Waals surface area contributed by atoms with Crippen LogP contribution < -0.4 is 10.1 Å². The number of aromatic nitrogens is 1. The molecule has 1 aromatic carbocycles. The number of hydrogen-bond donors (Lipinski definition) is 2. The summed E-state index contributed by atoms with van der Waals surface area (Å²) in [6.45, 7) is 4.76. The highest BCUT2D eigenvalue weighted by molar-refractivity contribution is 7.13. The lowest BCUT2D eigenvalue weighted by molar-refractivity contribution is -0.143. The highest BCUT2D eigenvalue weighted by Crippen LogP contribution is 2.22. The van der Waals surface area contributed by atoms with E-state index in [1.807, 2.05) is 0 Å². The van der Waals surface area contributed by atoms with Crippen molar-refractivity contribution in [3.63, 3.8) is 0 Å². The molecule has 0 fully saturated rings. The van der Waals surface area contributed by atoms with E-state index in [2.05, 4.69) is 10.3 Å². The van der Waals surface area contributed by atoms with Gasteiger partial charge in [-0.05, 0) is 45.0 Å². The maximum Gasteiger partial charge on any atom is 0.328 e. The van der Waals surface area contributed by atoms with Gasteiger partial charge in [0.15, 0.2) is 0 Å². The summed E-state index contributed by atoms with van der Waals surface area (Å²) < 4.78 is 5.60. The molecule has 0 unspecified atom stereocenters. The van der Waals surface area contributed by atoms with Crippen molar-refractivity contribution in [3.8, 4) is 5.75 Å². The van der Waals surface area contributed by atoms with Gasteiger partial charge in [0.2, 0.25) is 0 Å². The SMILES string of the molecule is Cc1nc(COc2ccc(Cl)cc2)sc1C(=O)NC(C)(C)C(=O)O. The van der Waals surface area contributed by atoms with E-state index in [4.69, 9.17) is 21.4 Å². The van der Waals surface area contributed by atoms with Gasteiger partial charge < -0.3 is 15.2 Å². The molecule has 1 amide bonds. The molecule has 1 aromatic heterocycles. The lowest BCUT2D eigenvalue weighted by atomic mass is 10.1. The lowest BCUT2D eigenvalue weighted by Crippen LogP contribution is -2.49. The van der Waals surface area contributed by atoms with Crippen LogP contribution in [0.5, 0.6) is 5.75 Å². The Morgan fingerprint density at radius 1 is 1.33 bits per heavy atom. The van der Waals surface area contributed by atoms with Crippen molar-refractivity contribution < 1.29 is 19.4 Å². The maximum absolute atomic E-state index is 12.3. The molecule has 0 aliphatic heterocycles. The molecule has 0 aliphatic rings. The van der Waals surface area contributed by atoms with Gasteiger partial charge in [0.05, 0.1) is 5.69 Å². The number of carbonyl (C=O) groups is 2. The van der Waals surface area contributed by atoms with Gasteiger partial charge in [0.25, 0.3) is 5.91 Å². The fourth-order valence-corrected chi connectivity index (χ4v) is 2.79. The minimum absolute atomic E-state index is 0.211. The Labute approximate surface area is 148 Å². The summed E-state index contributed by atoms with van der Waals surface area (Å²) >= 11 is 6.99. The molecule has 0 bridgehead atoms. The largest absolute Gasteiger partial charge is 0.486 e. The third kappa shape index (κ3) is 4.46. The molecule has 0 aliphatic carbocycles. The number of amides is 1. The predicted molar refractivity (Wildman–Crippen MR) is 91.8 cm³/mol. The van der Waals surface area contributed by atoms with E-state index in [1.165, 1.54) is 25.2 Å². The summed E-state index contributed by atoms with van der Waals surface area (Å²) in [5, 5.41) is 12.8. The molecule has 1 heterocycles. The Bertz CT molecular complexity index is 756. The first-order valence-electron chi connectivity index (χ1n) is 7.09. The normalized spacial score (nSPS) is 11.2. The van der Waals surface area contributed by atoms with Crippen LogP contribution in [0.25, 0.3) is 0 Å². The summed E-state index contributed by atoms with van der Waals surface area (Å²) in [5.74, 6) is -0.926.